The first-order chi connectivity index (χ1) is 6.47. The second kappa shape index (κ2) is 4.64. The lowest BCUT2D eigenvalue weighted by Crippen LogP contribution is -2.30. The molecule has 0 aromatic carbocycles. The Bertz CT molecular complexity index is 214. The molecular formula is C8H16O5P+. The summed E-state index contributed by atoms with van der Waals surface area (Å²) in [6.45, 7) is 5.67. The van der Waals surface area contributed by atoms with Crippen LogP contribution in [0.5, 0.6) is 0 Å². The molecule has 0 aliphatic carbocycles. The van der Waals surface area contributed by atoms with E-state index >= 15 is 0 Å². The van der Waals surface area contributed by atoms with E-state index in [1.165, 1.54) is 0 Å². The predicted octanol–water partition coefficient (Wildman–Crippen LogP) is 1.38. The molecule has 1 rings (SSSR count). The molecule has 0 unspecified atom stereocenters. The minimum absolute atomic E-state index is 0.103. The van der Waals surface area contributed by atoms with Gasteiger partial charge in [0.05, 0.1) is 13.2 Å². The van der Waals surface area contributed by atoms with Crippen molar-refractivity contribution in [2.45, 2.75) is 13.8 Å². The van der Waals surface area contributed by atoms with Crippen LogP contribution in [-0.2, 0) is 18.3 Å². The van der Waals surface area contributed by atoms with Crippen LogP contribution < -0.4 is 0 Å². The summed E-state index contributed by atoms with van der Waals surface area (Å²) in [6.07, 6.45) is -0.135. The molecule has 0 bridgehead atoms. The number of hydrogen-bond acceptors (Lipinski definition) is 5. The van der Waals surface area contributed by atoms with Crippen molar-refractivity contribution in [1.29, 1.82) is 0 Å². The molecule has 1 aliphatic rings. The molecule has 6 heteroatoms. The lowest BCUT2D eigenvalue weighted by molar-refractivity contribution is 0.0296. The van der Waals surface area contributed by atoms with Crippen LogP contribution in [0.4, 0.5) is 0 Å². The maximum atomic E-state index is 11.7. The van der Waals surface area contributed by atoms with Gasteiger partial charge in [0.1, 0.15) is 0 Å². The molecule has 0 saturated carbocycles. The maximum Gasteiger partial charge on any atom is 0.361 e. The average molecular weight is 223 g/mol. The van der Waals surface area contributed by atoms with Crippen LogP contribution in [0, 0.1) is 12.0 Å². The molecule has 1 heterocycles. The predicted molar refractivity (Wildman–Crippen MR) is 50.6 cm³/mol. The van der Waals surface area contributed by atoms with E-state index in [9.17, 15) is 4.57 Å². The maximum absolute atomic E-state index is 11.7. The molecule has 0 spiro atoms. The fourth-order valence-electron chi connectivity index (χ4n) is 0.896. The van der Waals surface area contributed by atoms with E-state index in [0.717, 1.165) is 6.61 Å². The van der Waals surface area contributed by atoms with Crippen molar-refractivity contribution >= 4 is 7.60 Å². The highest BCUT2D eigenvalue weighted by Gasteiger charge is 2.37. The second-order valence-corrected chi connectivity index (χ2v) is 5.96. The zero-order chi connectivity index (χ0) is 10.7. The van der Waals surface area contributed by atoms with Gasteiger partial charge in [0, 0.05) is 5.41 Å². The number of hydrogen-bond donors (Lipinski definition) is 1. The van der Waals surface area contributed by atoms with Crippen molar-refractivity contribution in [3.63, 3.8) is 0 Å². The zero-order valence-electron chi connectivity index (χ0n) is 8.43. The SMILES string of the molecule is CC1(C)COP(=O)(CO[CH+]CO)OC1. The van der Waals surface area contributed by atoms with Crippen LogP contribution in [0.2, 0.25) is 0 Å². The Labute approximate surface area is 83.9 Å². The third-order valence-electron chi connectivity index (χ3n) is 1.73. The van der Waals surface area contributed by atoms with Crippen molar-refractivity contribution in [2.24, 2.45) is 5.41 Å². The molecule has 1 saturated heterocycles. The van der Waals surface area contributed by atoms with Crippen LogP contribution >= 0.6 is 7.60 Å². The third kappa shape index (κ3) is 3.59. The Hall–Kier alpha value is -0.0600. The first kappa shape index (κ1) is 12.0. The number of ether oxygens (including phenoxy) is 1. The van der Waals surface area contributed by atoms with Gasteiger partial charge in [-0.15, -0.1) is 0 Å². The molecule has 0 radical (unpaired) electrons. The lowest BCUT2D eigenvalue weighted by atomic mass is 9.97. The largest absolute Gasteiger partial charge is 0.361 e. The minimum atomic E-state index is -3.09. The van der Waals surface area contributed by atoms with E-state index in [1.807, 2.05) is 13.8 Å². The molecule has 1 fully saturated rings. The normalized spacial score (nSPS) is 24.5. The first-order valence-corrected chi connectivity index (χ1v) is 6.13. The molecule has 1 aliphatic heterocycles. The van der Waals surface area contributed by atoms with Crippen LogP contribution in [0.1, 0.15) is 13.8 Å². The topological polar surface area (TPSA) is 65.0 Å². The van der Waals surface area contributed by atoms with Gasteiger partial charge in [-0.25, -0.2) is 0 Å². The molecule has 1 N–H and O–H groups in total. The summed E-state index contributed by atoms with van der Waals surface area (Å²) >= 11 is 0. The van der Waals surface area contributed by atoms with Gasteiger partial charge >= 0.3 is 7.60 Å². The average Bonchev–Trinajstić information content (AvgIpc) is 2.12. The molecule has 5 nitrogen and oxygen atoms in total. The molecule has 82 valence electrons. The highest BCUT2D eigenvalue weighted by atomic mass is 31.2. The van der Waals surface area contributed by atoms with Gasteiger partial charge in [-0.05, 0) is 0 Å². The van der Waals surface area contributed by atoms with Crippen molar-refractivity contribution < 1.29 is 23.5 Å². The molecule has 0 aromatic heterocycles. The van der Waals surface area contributed by atoms with Crippen molar-refractivity contribution in [2.75, 3.05) is 26.2 Å². The Kier molecular flexibility index (Phi) is 3.98. The van der Waals surface area contributed by atoms with Crippen LogP contribution in [0.25, 0.3) is 0 Å². The van der Waals surface area contributed by atoms with Gasteiger partial charge in [-0.3, -0.25) is 4.57 Å². The Morgan fingerprint density at radius 3 is 2.57 bits per heavy atom. The van der Waals surface area contributed by atoms with Crippen LogP contribution in [0.3, 0.4) is 0 Å². The summed E-state index contributed by atoms with van der Waals surface area (Å²) in [5, 5.41) is 8.41. The molecule has 14 heavy (non-hydrogen) atoms. The summed E-state index contributed by atoms with van der Waals surface area (Å²) < 4.78 is 26.8. The van der Waals surface area contributed by atoms with Gasteiger partial charge < -0.3 is 14.2 Å². The molecule has 0 atom stereocenters. The smallest absolute Gasteiger partial charge is 0.353 e. The number of aliphatic hydroxyl groups is 1. The number of aliphatic hydroxyl groups excluding tert-OH is 1. The molecular weight excluding hydrogens is 207 g/mol. The lowest BCUT2D eigenvalue weighted by Gasteiger charge is -2.32. The van der Waals surface area contributed by atoms with E-state index in [2.05, 4.69) is 0 Å². The Balaban J connectivity index is 2.34. The van der Waals surface area contributed by atoms with E-state index < -0.39 is 7.60 Å². The van der Waals surface area contributed by atoms with Gasteiger partial charge in [0.2, 0.25) is 6.61 Å². The van der Waals surface area contributed by atoms with Gasteiger partial charge in [0.25, 0.3) is 6.61 Å². The van der Waals surface area contributed by atoms with E-state index in [0.29, 0.717) is 13.2 Å². The van der Waals surface area contributed by atoms with E-state index in [-0.39, 0.29) is 18.4 Å². The fraction of sp³-hybridized carbons (Fsp3) is 0.875. The van der Waals surface area contributed by atoms with Crippen molar-refractivity contribution in [3.8, 4) is 0 Å². The summed E-state index contributed by atoms with van der Waals surface area (Å²) in [4.78, 5) is 0. The summed E-state index contributed by atoms with van der Waals surface area (Å²) in [7, 11) is -3.09. The first-order valence-electron chi connectivity index (χ1n) is 4.40. The third-order valence-corrected chi connectivity index (χ3v) is 3.24. The summed E-state index contributed by atoms with van der Waals surface area (Å²) in [5.74, 6) is 0. The summed E-state index contributed by atoms with van der Waals surface area (Å²) in [6, 6.07) is 0. The Morgan fingerprint density at radius 2 is 2.07 bits per heavy atom. The van der Waals surface area contributed by atoms with Crippen LogP contribution in [0.15, 0.2) is 0 Å². The van der Waals surface area contributed by atoms with Crippen LogP contribution in [-0.4, -0.2) is 31.3 Å². The summed E-state index contributed by atoms with van der Waals surface area (Å²) in [5.41, 5.74) is -0.103. The Morgan fingerprint density at radius 1 is 1.50 bits per heavy atom. The zero-order valence-corrected chi connectivity index (χ0v) is 9.33. The quantitative estimate of drug-likeness (QED) is 0.443. The van der Waals surface area contributed by atoms with E-state index in [1.54, 1.807) is 0 Å². The van der Waals surface area contributed by atoms with Gasteiger partial charge in [0.15, 0.2) is 6.35 Å². The number of rotatable bonds is 4. The monoisotopic (exact) mass is 223 g/mol. The minimum Gasteiger partial charge on any atom is -0.353 e. The molecule has 0 aromatic rings. The fourth-order valence-corrected chi connectivity index (χ4v) is 2.50. The van der Waals surface area contributed by atoms with Crippen molar-refractivity contribution in [1.82, 2.24) is 0 Å². The van der Waals surface area contributed by atoms with E-state index in [4.69, 9.17) is 18.9 Å². The standard InChI is InChI=1S/C8H16O5P/c1-8(2)5-12-14(10,13-6-8)7-11-4-3-9/h4,9H,3,5-7H2,1-2H3/q+1. The highest BCUT2D eigenvalue weighted by Crippen LogP contribution is 2.53. The van der Waals surface area contributed by atoms with Crippen molar-refractivity contribution in [3.05, 3.63) is 6.61 Å². The highest BCUT2D eigenvalue weighted by molar-refractivity contribution is 7.53. The molecule has 0 amide bonds. The second-order valence-electron chi connectivity index (χ2n) is 3.97. The van der Waals surface area contributed by atoms with Gasteiger partial charge in [-0.1, -0.05) is 13.8 Å². The van der Waals surface area contributed by atoms with Gasteiger partial charge in [-0.2, -0.15) is 4.74 Å².